The Morgan fingerprint density at radius 3 is 2.11 bits per heavy atom. The molecule has 10 nitrogen and oxygen atoms in total. The van der Waals surface area contributed by atoms with Crippen LogP contribution in [0.25, 0.3) is 11.1 Å². The molecule has 0 spiro atoms. The minimum atomic E-state index is -0.589. The van der Waals surface area contributed by atoms with Gasteiger partial charge in [0.15, 0.2) is 0 Å². The summed E-state index contributed by atoms with van der Waals surface area (Å²) in [6, 6.07) is 33.0. The average molecular weight is 765 g/mol. The van der Waals surface area contributed by atoms with Crippen LogP contribution in [0.1, 0.15) is 78.1 Å². The number of imide groups is 1. The first-order valence-corrected chi connectivity index (χ1v) is 20.5. The maximum Gasteiger partial charge on any atom is 0.569 e. The van der Waals surface area contributed by atoms with Crippen molar-refractivity contribution in [2.45, 2.75) is 58.0 Å². The topological polar surface area (TPSA) is 106 Å². The zero-order chi connectivity index (χ0) is 39.3. The summed E-state index contributed by atoms with van der Waals surface area (Å²) in [4.78, 5) is 46.4. The molecule has 4 aromatic carbocycles. The van der Waals surface area contributed by atoms with E-state index in [0.717, 1.165) is 75.0 Å². The first-order chi connectivity index (χ1) is 27.9. The smallest absolute Gasteiger partial charge is 0.537 e. The Balaban J connectivity index is 0.829. The number of amides is 3. The first-order valence-electron chi connectivity index (χ1n) is 20.5. The largest absolute Gasteiger partial charge is 0.569 e. The van der Waals surface area contributed by atoms with Crippen LogP contribution in [0.4, 0.5) is 11.4 Å². The standard InChI is InChI=1S/C46H51BN5O5/c1-2-40(33-6-4-3-5-7-33)44(35-10-15-39(16-11-35)57-47-56)34-8-12-37(13-9-34)50-24-21-32(22-25-50)20-23-49-26-28-51(29-27-49)38-14-17-41-36(30-38)31-52(46(41)55)42-18-19-43(53)48-45(42)54/h3-17,30,32,42,56H,2,18-29,31H2,1H3,(H,48,53,54)/b44-40-. The summed E-state index contributed by atoms with van der Waals surface area (Å²) < 4.78 is 5.19. The van der Waals surface area contributed by atoms with E-state index < -0.39 is 6.04 Å². The van der Waals surface area contributed by atoms with Gasteiger partial charge >= 0.3 is 7.69 Å². The summed E-state index contributed by atoms with van der Waals surface area (Å²) >= 11 is 0. The minimum absolute atomic E-state index is 0.125. The quantitative estimate of drug-likeness (QED) is 0.101. The van der Waals surface area contributed by atoms with Gasteiger partial charge in [-0.2, -0.15) is 0 Å². The van der Waals surface area contributed by atoms with Gasteiger partial charge in [0.25, 0.3) is 5.91 Å². The summed E-state index contributed by atoms with van der Waals surface area (Å²) in [5, 5.41) is 11.5. The van der Waals surface area contributed by atoms with E-state index in [1.165, 1.54) is 47.2 Å². The molecule has 11 heteroatoms. The second-order valence-corrected chi connectivity index (χ2v) is 15.7. The van der Waals surface area contributed by atoms with Gasteiger partial charge in [0.1, 0.15) is 11.8 Å². The summed E-state index contributed by atoms with van der Waals surface area (Å²) in [7, 11) is 0.712. The van der Waals surface area contributed by atoms with E-state index in [1.54, 1.807) is 4.90 Å². The van der Waals surface area contributed by atoms with Crippen LogP contribution >= 0.6 is 0 Å². The van der Waals surface area contributed by atoms with E-state index in [-0.39, 0.29) is 24.1 Å². The van der Waals surface area contributed by atoms with Crippen molar-refractivity contribution in [3.63, 3.8) is 0 Å². The van der Waals surface area contributed by atoms with Crippen LogP contribution in [0.5, 0.6) is 5.75 Å². The number of rotatable bonds is 12. The molecular weight excluding hydrogens is 713 g/mol. The van der Waals surface area contributed by atoms with Gasteiger partial charge in [-0.3, -0.25) is 24.6 Å². The minimum Gasteiger partial charge on any atom is -0.537 e. The van der Waals surface area contributed by atoms with E-state index in [9.17, 15) is 14.4 Å². The van der Waals surface area contributed by atoms with Crippen molar-refractivity contribution < 1.29 is 24.1 Å². The van der Waals surface area contributed by atoms with Crippen molar-refractivity contribution in [2.24, 2.45) is 5.92 Å². The van der Waals surface area contributed by atoms with Gasteiger partial charge in [-0.1, -0.05) is 61.5 Å². The molecule has 2 N–H and O–H groups in total. The highest BCUT2D eigenvalue weighted by molar-refractivity contribution is 6.17. The summed E-state index contributed by atoms with van der Waals surface area (Å²) in [5.41, 5.74) is 10.0. The Morgan fingerprint density at radius 1 is 0.772 bits per heavy atom. The number of fused-ring (bicyclic) bond motifs is 1. The van der Waals surface area contributed by atoms with Crippen LogP contribution in [0, 0.1) is 5.92 Å². The van der Waals surface area contributed by atoms with Crippen LogP contribution < -0.4 is 19.8 Å². The van der Waals surface area contributed by atoms with Gasteiger partial charge in [0.05, 0.1) is 0 Å². The number of carbonyl (C=O) groups is 3. The SMILES string of the molecule is CC/C(=C(/c1ccc(O[B]O)cc1)c1ccc(N2CCC(CCN3CCN(c4ccc5c(c4)CN(C4CCC(=O)NC4=O)C5=O)CC3)CC2)cc1)c1ccccc1. The highest BCUT2D eigenvalue weighted by atomic mass is 16.5. The molecule has 0 aromatic heterocycles. The number of piperidine rings is 2. The predicted molar refractivity (Wildman–Crippen MR) is 225 cm³/mol. The molecule has 0 bridgehead atoms. The number of anilines is 2. The normalized spacial score (nSPS) is 19.6. The van der Waals surface area contributed by atoms with Crippen LogP contribution in [0.3, 0.4) is 0 Å². The molecule has 0 aliphatic carbocycles. The monoisotopic (exact) mass is 764 g/mol. The van der Waals surface area contributed by atoms with Crippen molar-refractivity contribution in [2.75, 3.05) is 55.6 Å². The van der Waals surface area contributed by atoms with E-state index >= 15 is 0 Å². The van der Waals surface area contributed by atoms with Gasteiger partial charge < -0.3 is 24.4 Å². The molecule has 4 aliphatic rings. The van der Waals surface area contributed by atoms with Crippen molar-refractivity contribution in [1.82, 2.24) is 15.1 Å². The summed E-state index contributed by atoms with van der Waals surface area (Å²) in [5.74, 6) is 0.550. The van der Waals surface area contributed by atoms with Crippen molar-refractivity contribution >= 4 is 47.9 Å². The fourth-order valence-corrected chi connectivity index (χ4v) is 9.11. The molecule has 57 heavy (non-hydrogen) atoms. The lowest BCUT2D eigenvalue weighted by atomic mass is 9.88. The molecule has 293 valence electrons. The fraction of sp³-hybridized carbons (Fsp3) is 0.370. The Kier molecular flexibility index (Phi) is 11.8. The third-order valence-electron chi connectivity index (χ3n) is 12.3. The lowest BCUT2D eigenvalue weighted by Gasteiger charge is -2.38. The van der Waals surface area contributed by atoms with Gasteiger partial charge in [0.2, 0.25) is 11.8 Å². The number of hydrogen-bond acceptors (Lipinski definition) is 8. The van der Waals surface area contributed by atoms with Crippen molar-refractivity contribution in [3.05, 3.63) is 125 Å². The van der Waals surface area contributed by atoms with Crippen molar-refractivity contribution in [3.8, 4) is 5.75 Å². The first kappa shape index (κ1) is 38.5. The van der Waals surface area contributed by atoms with E-state index in [0.29, 0.717) is 32.0 Å². The Bertz CT molecular complexity index is 2090. The Hall–Kier alpha value is -5.39. The molecule has 8 rings (SSSR count). The van der Waals surface area contributed by atoms with Gasteiger partial charge in [0, 0.05) is 69.2 Å². The zero-order valence-electron chi connectivity index (χ0n) is 32.7. The number of nitrogens with one attached hydrogen (secondary N) is 1. The number of benzene rings is 4. The Morgan fingerprint density at radius 2 is 1.44 bits per heavy atom. The second-order valence-electron chi connectivity index (χ2n) is 15.7. The Labute approximate surface area is 336 Å². The maximum atomic E-state index is 13.1. The second kappa shape index (κ2) is 17.4. The molecule has 1 atom stereocenters. The van der Waals surface area contributed by atoms with E-state index in [2.05, 4.69) is 99.7 Å². The number of nitrogens with zero attached hydrogens (tertiary/aromatic N) is 4. The number of hydrogen-bond donors (Lipinski definition) is 2. The highest BCUT2D eigenvalue weighted by Gasteiger charge is 2.39. The van der Waals surface area contributed by atoms with Crippen molar-refractivity contribution in [1.29, 1.82) is 0 Å². The third-order valence-corrected chi connectivity index (χ3v) is 12.3. The van der Waals surface area contributed by atoms with Crippen LogP contribution in [0.2, 0.25) is 0 Å². The third kappa shape index (κ3) is 8.50. The van der Waals surface area contributed by atoms with Gasteiger partial charge in [-0.15, -0.1) is 0 Å². The zero-order valence-corrected chi connectivity index (χ0v) is 32.7. The van der Waals surface area contributed by atoms with Crippen LogP contribution in [-0.4, -0.2) is 92.1 Å². The predicted octanol–water partition coefficient (Wildman–Crippen LogP) is 6.15. The summed E-state index contributed by atoms with van der Waals surface area (Å²) in [6.45, 7) is 9.79. The maximum absolute atomic E-state index is 13.1. The molecule has 4 aromatic rings. The lowest BCUT2D eigenvalue weighted by molar-refractivity contribution is -0.136. The number of carbonyl (C=O) groups excluding carboxylic acids is 3. The fourth-order valence-electron chi connectivity index (χ4n) is 9.11. The molecule has 1 unspecified atom stereocenters. The molecule has 1 radical (unpaired) electrons. The summed E-state index contributed by atoms with van der Waals surface area (Å²) in [6.07, 6.45) is 5.14. The van der Waals surface area contributed by atoms with Crippen LogP contribution in [0.15, 0.2) is 97.1 Å². The molecule has 3 amide bonds. The number of allylic oxidation sites excluding steroid dienone is 1. The molecule has 3 fully saturated rings. The lowest BCUT2D eigenvalue weighted by Crippen LogP contribution is -2.52. The highest BCUT2D eigenvalue weighted by Crippen LogP contribution is 2.37. The molecule has 3 saturated heterocycles. The number of piperazine rings is 1. The van der Waals surface area contributed by atoms with Gasteiger partial charge in [-0.05, 0) is 120 Å². The average Bonchev–Trinajstić information content (AvgIpc) is 3.58. The molecule has 0 saturated carbocycles. The van der Waals surface area contributed by atoms with Crippen LogP contribution in [-0.2, 0) is 16.1 Å². The van der Waals surface area contributed by atoms with E-state index in [4.69, 9.17) is 9.68 Å². The van der Waals surface area contributed by atoms with E-state index in [1.807, 2.05) is 24.3 Å². The molecule has 4 heterocycles. The van der Waals surface area contributed by atoms with Gasteiger partial charge in [-0.25, -0.2) is 0 Å². The molecule has 4 aliphatic heterocycles. The molecular formula is C46H51BN5O5.